The molecule has 33 heavy (non-hydrogen) atoms. The molecule has 3 rings (SSSR count). The van der Waals surface area contributed by atoms with E-state index >= 15 is 0 Å². The van der Waals surface area contributed by atoms with Crippen molar-refractivity contribution in [1.29, 1.82) is 5.26 Å². The Kier molecular flexibility index (Phi) is 10.5. The highest BCUT2D eigenvalue weighted by Crippen LogP contribution is 2.40. The molecule has 2 aromatic rings. The molecule has 0 atom stereocenters. The van der Waals surface area contributed by atoms with E-state index < -0.39 is 5.60 Å². The van der Waals surface area contributed by atoms with Crippen molar-refractivity contribution in [3.05, 3.63) is 59.7 Å². The minimum absolute atomic E-state index is 0.537. The summed E-state index contributed by atoms with van der Waals surface area (Å²) in [4.78, 5) is 0. The first kappa shape index (κ1) is 25.5. The van der Waals surface area contributed by atoms with Gasteiger partial charge in [0.15, 0.2) is 5.60 Å². The van der Waals surface area contributed by atoms with E-state index in [1.165, 1.54) is 67.2 Å². The van der Waals surface area contributed by atoms with Crippen LogP contribution in [0.3, 0.4) is 0 Å². The molecule has 0 spiro atoms. The van der Waals surface area contributed by atoms with E-state index in [-0.39, 0.29) is 0 Å². The second-order valence-electron chi connectivity index (χ2n) is 9.92. The Morgan fingerprint density at radius 3 is 1.97 bits per heavy atom. The van der Waals surface area contributed by atoms with Crippen LogP contribution in [0.5, 0.6) is 0 Å². The normalized spacial score (nSPS) is 20.5. The van der Waals surface area contributed by atoms with Crippen LogP contribution in [0.2, 0.25) is 0 Å². The fourth-order valence-electron chi connectivity index (χ4n) is 5.04. The van der Waals surface area contributed by atoms with Crippen molar-refractivity contribution in [1.82, 2.24) is 0 Å². The van der Waals surface area contributed by atoms with Crippen LogP contribution in [0, 0.1) is 11.3 Å². The monoisotopic (exact) mass is 445 g/mol. The standard InChI is InChI=1S/C31H43NO/c1-3-5-7-8-9-10-11-26-12-14-27(15-13-26)28-16-18-29(19-17-28)30-20-22-31(25-32,23-21-30)33-24-6-4-2/h12-19,30H,3-11,20-24H2,1-2H3/t30-,31+. The number of unbranched alkanes of at least 4 members (excludes halogenated alkanes) is 6. The highest BCUT2D eigenvalue weighted by Gasteiger charge is 2.36. The smallest absolute Gasteiger partial charge is 0.154 e. The van der Waals surface area contributed by atoms with Gasteiger partial charge in [0.05, 0.1) is 6.07 Å². The molecule has 0 heterocycles. The van der Waals surface area contributed by atoms with E-state index in [4.69, 9.17) is 4.74 Å². The van der Waals surface area contributed by atoms with Crippen molar-refractivity contribution in [2.24, 2.45) is 0 Å². The number of benzene rings is 2. The maximum Gasteiger partial charge on any atom is 0.154 e. The van der Waals surface area contributed by atoms with Gasteiger partial charge in [-0.3, -0.25) is 0 Å². The highest BCUT2D eigenvalue weighted by atomic mass is 16.5. The maximum absolute atomic E-state index is 9.70. The topological polar surface area (TPSA) is 33.0 Å². The molecule has 0 N–H and O–H groups in total. The second-order valence-corrected chi connectivity index (χ2v) is 9.92. The first-order chi connectivity index (χ1) is 16.2. The Hall–Kier alpha value is -2.11. The number of hydrogen-bond donors (Lipinski definition) is 0. The molecule has 0 radical (unpaired) electrons. The van der Waals surface area contributed by atoms with Gasteiger partial charge in [-0.15, -0.1) is 0 Å². The third-order valence-electron chi connectivity index (χ3n) is 7.36. The van der Waals surface area contributed by atoms with E-state index in [2.05, 4.69) is 68.4 Å². The zero-order valence-corrected chi connectivity index (χ0v) is 21.0. The molecule has 2 aromatic carbocycles. The zero-order chi connectivity index (χ0) is 23.4. The van der Waals surface area contributed by atoms with Crippen molar-refractivity contribution in [2.45, 2.75) is 109 Å². The Morgan fingerprint density at radius 1 is 0.788 bits per heavy atom. The van der Waals surface area contributed by atoms with Crippen LogP contribution in [0.4, 0.5) is 0 Å². The minimum atomic E-state index is -0.553. The van der Waals surface area contributed by atoms with Crippen molar-refractivity contribution in [3.8, 4) is 17.2 Å². The summed E-state index contributed by atoms with van der Waals surface area (Å²) >= 11 is 0. The van der Waals surface area contributed by atoms with Crippen LogP contribution in [-0.4, -0.2) is 12.2 Å². The van der Waals surface area contributed by atoms with Crippen molar-refractivity contribution in [2.75, 3.05) is 6.61 Å². The first-order valence-electron chi connectivity index (χ1n) is 13.4. The predicted octanol–water partition coefficient (Wildman–Crippen LogP) is 8.99. The average Bonchev–Trinajstić information content (AvgIpc) is 2.87. The summed E-state index contributed by atoms with van der Waals surface area (Å²) in [5.41, 5.74) is 4.89. The Bertz CT molecular complexity index is 838. The predicted molar refractivity (Wildman–Crippen MR) is 139 cm³/mol. The molecule has 1 saturated carbocycles. The zero-order valence-electron chi connectivity index (χ0n) is 21.0. The molecule has 2 nitrogen and oxygen atoms in total. The van der Waals surface area contributed by atoms with Gasteiger partial charge in [-0.05, 0) is 73.1 Å². The van der Waals surface area contributed by atoms with Crippen LogP contribution in [0.1, 0.15) is 108 Å². The van der Waals surface area contributed by atoms with E-state index in [0.29, 0.717) is 12.5 Å². The molecule has 1 aliphatic carbocycles. The van der Waals surface area contributed by atoms with Gasteiger partial charge in [-0.2, -0.15) is 5.26 Å². The van der Waals surface area contributed by atoms with Gasteiger partial charge in [-0.1, -0.05) is 101 Å². The Labute approximate surface area is 202 Å². The summed E-state index contributed by atoms with van der Waals surface area (Å²) in [7, 11) is 0. The van der Waals surface area contributed by atoms with Crippen LogP contribution < -0.4 is 0 Å². The van der Waals surface area contributed by atoms with Gasteiger partial charge in [-0.25, -0.2) is 0 Å². The van der Waals surface area contributed by atoms with Gasteiger partial charge >= 0.3 is 0 Å². The molecule has 0 aliphatic heterocycles. The lowest BCUT2D eigenvalue weighted by atomic mass is 9.76. The molecule has 0 amide bonds. The van der Waals surface area contributed by atoms with Crippen molar-refractivity contribution < 1.29 is 4.74 Å². The quantitative estimate of drug-likeness (QED) is 0.288. The highest BCUT2D eigenvalue weighted by molar-refractivity contribution is 5.64. The molecule has 0 bridgehead atoms. The van der Waals surface area contributed by atoms with E-state index in [1.807, 2.05) is 0 Å². The van der Waals surface area contributed by atoms with Gasteiger partial charge in [0.2, 0.25) is 0 Å². The molecule has 0 saturated heterocycles. The summed E-state index contributed by atoms with van der Waals surface area (Å²) in [6.07, 6.45) is 15.2. The molecule has 1 aliphatic rings. The van der Waals surface area contributed by atoms with Gasteiger partial charge in [0, 0.05) is 6.61 Å². The second kappa shape index (κ2) is 13.6. The summed E-state index contributed by atoms with van der Waals surface area (Å²) < 4.78 is 6.02. The molecular weight excluding hydrogens is 402 g/mol. The number of ether oxygens (including phenoxy) is 1. The van der Waals surface area contributed by atoms with Gasteiger partial charge in [0.1, 0.15) is 0 Å². The van der Waals surface area contributed by atoms with Crippen molar-refractivity contribution in [3.63, 3.8) is 0 Å². The fraction of sp³-hybridized carbons (Fsp3) is 0.581. The minimum Gasteiger partial charge on any atom is -0.360 e. The lowest BCUT2D eigenvalue weighted by Crippen LogP contribution is -2.35. The number of nitrogens with zero attached hydrogens (tertiary/aromatic N) is 1. The molecule has 0 aromatic heterocycles. The van der Waals surface area contributed by atoms with E-state index in [9.17, 15) is 5.26 Å². The molecule has 1 fully saturated rings. The van der Waals surface area contributed by atoms with Crippen LogP contribution in [-0.2, 0) is 11.2 Å². The number of nitriles is 1. The largest absolute Gasteiger partial charge is 0.360 e. The van der Waals surface area contributed by atoms with Gasteiger partial charge < -0.3 is 4.74 Å². The van der Waals surface area contributed by atoms with Crippen LogP contribution in [0.15, 0.2) is 48.5 Å². The van der Waals surface area contributed by atoms with Crippen LogP contribution >= 0.6 is 0 Å². The average molecular weight is 446 g/mol. The SMILES string of the molecule is CCCCCCCCc1ccc(-c2ccc([C@H]3CC[C@@](C#N)(OCCCC)CC3)cc2)cc1. The number of rotatable bonds is 13. The van der Waals surface area contributed by atoms with E-state index in [1.54, 1.807) is 0 Å². The summed E-state index contributed by atoms with van der Waals surface area (Å²) in [5, 5.41) is 9.70. The lowest BCUT2D eigenvalue weighted by Gasteiger charge is -2.35. The molecule has 0 unspecified atom stereocenters. The first-order valence-corrected chi connectivity index (χ1v) is 13.4. The van der Waals surface area contributed by atoms with Crippen molar-refractivity contribution >= 4 is 0 Å². The molecule has 2 heteroatoms. The van der Waals surface area contributed by atoms with Crippen LogP contribution in [0.25, 0.3) is 11.1 Å². The fourth-order valence-corrected chi connectivity index (χ4v) is 5.04. The number of aryl methyl sites for hydroxylation is 1. The third kappa shape index (κ3) is 7.72. The van der Waals surface area contributed by atoms with E-state index in [0.717, 1.165) is 38.5 Å². The molecular formula is C31H43NO. The lowest BCUT2D eigenvalue weighted by molar-refractivity contribution is -0.0319. The third-order valence-corrected chi connectivity index (χ3v) is 7.36. The maximum atomic E-state index is 9.70. The number of hydrogen-bond acceptors (Lipinski definition) is 2. The summed E-state index contributed by atoms with van der Waals surface area (Å²) in [5.74, 6) is 0.537. The summed E-state index contributed by atoms with van der Waals surface area (Å²) in [6.45, 7) is 5.14. The molecule has 178 valence electrons. The van der Waals surface area contributed by atoms with Gasteiger partial charge in [0.25, 0.3) is 0 Å². The Balaban J connectivity index is 1.49. The summed E-state index contributed by atoms with van der Waals surface area (Å²) in [6, 6.07) is 20.8. The Morgan fingerprint density at radius 2 is 1.36 bits per heavy atom.